The van der Waals surface area contributed by atoms with Crippen LogP contribution >= 0.6 is 0 Å². The molecule has 22 heavy (non-hydrogen) atoms. The molecule has 0 spiro atoms. The zero-order valence-electron chi connectivity index (χ0n) is 14.7. The third kappa shape index (κ3) is 6.35. The summed E-state index contributed by atoms with van der Waals surface area (Å²) in [4.78, 5) is 6.33. The molecule has 0 atom stereocenters. The van der Waals surface area contributed by atoms with E-state index in [1.807, 2.05) is 27.9 Å². The zero-order valence-corrected chi connectivity index (χ0v) is 14.7. The van der Waals surface area contributed by atoms with Gasteiger partial charge in [-0.05, 0) is 38.0 Å². The number of rotatable bonds is 7. The Hall–Kier alpha value is -1.75. The summed E-state index contributed by atoms with van der Waals surface area (Å²) in [6.45, 7) is 5.63. The summed E-state index contributed by atoms with van der Waals surface area (Å²) >= 11 is 0. The van der Waals surface area contributed by atoms with Gasteiger partial charge in [0.05, 0.1) is 5.60 Å². The van der Waals surface area contributed by atoms with E-state index < -0.39 is 0 Å². The van der Waals surface area contributed by atoms with Crippen LogP contribution in [0.3, 0.4) is 0 Å². The molecule has 1 aromatic rings. The first-order valence-corrected chi connectivity index (χ1v) is 7.64. The number of hydrogen-bond acceptors (Lipinski definition) is 3. The highest BCUT2D eigenvalue weighted by molar-refractivity contribution is 5.79. The number of guanidine groups is 1. The van der Waals surface area contributed by atoms with Crippen LogP contribution < -0.4 is 15.5 Å². The molecule has 1 aromatic carbocycles. The van der Waals surface area contributed by atoms with Crippen LogP contribution in [0.15, 0.2) is 29.3 Å². The van der Waals surface area contributed by atoms with Crippen molar-refractivity contribution in [1.82, 2.24) is 10.6 Å². The van der Waals surface area contributed by atoms with Crippen LogP contribution in [-0.2, 0) is 11.2 Å². The highest BCUT2D eigenvalue weighted by atomic mass is 16.5. The minimum absolute atomic E-state index is 0.209. The molecule has 0 bridgehead atoms. The van der Waals surface area contributed by atoms with E-state index in [0.29, 0.717) is 6.54 Å². The van der Waals surface area contributed by atoms with Crippen LogP contribution in [0.25, 0.3) is 0 Å². The van der Waals surface area contributed by atoms with E-state index >= 15 is 0 Å². The largest absolute Gasteiger partial charge is 0.378 e. The Labute approximate surface area is 134 Å². The van der Waals surface area contributed by atoms with Gasteiger partial charge < -0.3 is 20.3 Å². The van der Waals surface area contributed by atoms with Gasteiger partial charge in [0.1, 0.15) is 0 Å². The summed E-state index contributed by atoms with van der Waals surface area (Å²) in [5.41, 5.74) is 2.32. The lowest BCUT2D eigenvalue weighted by Gasteiger charge is -2.24. The van der Waals surface area contributed by atoms with Crippen molar-refractivity contribution in [2.24, 2.45) is 4.99 Å². The third-order valence-electron chi connectivity index (χ3n) is 3.62. The van der Waals surface area contributed by atoms with Gasteiger partial charge in [0.15, 0.2) is 5.96 Å². The average Bonchev–Trinajstić information content (AvgIpc) is 2.51. The van der Waals surface area contributed by atoms with E-state index in [2.05, 4.69) is 44.8 Å². The van der Waals surface area contributed by atoms with Crippen molar-refractivity contribution in [3.63, 3.8) is 0 Å². The fourth-order valence-electron chi connectivity index (χ4n) is 1.88. The Balaban J connectivity index is 2.38. The van der Waals surface area contributed by atoms with Crippen LogP contribution in [0.4, 0.5) is 5.69 Å². The van der Waals surface area contributed by atoms with Crippen molar-refractivity contribution in [1.29, 1.82) is 0 Å². The molecule has 0 aromatic heterocycles. The van der Waals surface area contributed by atoms with Gasteiger partial charge in [-0.15, -0.1) is 0 Å². The van der Waals surface area contributed by atoms with E-state index in [1.165, 1.54) is 11.3 Å². The molecule has 0 amide bonds. The molecule has 0 aliphatic carbocycles. The summed E-state index contributed by atoms with van der Waals surface area (Å²) in [6, 6.07) is 8.62. The standard InChI is InChI=1S/C17H30N4O/c1-17(2,22-6)13-20-16(18-3)19-12-11-14-7-9-15(10-8-14)21(4)5/h7-10H,11-13H2,1-6H3,(H2,18,19,20). The Kier molecular flexibility index (Phi) is 7.18. The molecule has 2 N–H and O–H groups in total. The molecule has 0 saturated heterocycles. The molecule has 0 unspecified atom stereocenters. The summed E-state index contributed by atoms with van der Waals surface area (Å²) in [5, 5.41) is 6.60. The van der Waals surface area contributed by atoms with Gasteiger partial charge in [-0.1, -0.05) is 12.1 Å². The summed E-state index contributed by atoms with van der Waals surface area (Å²) < 4.78 is 5.39. The van der Waals surface area contributed by atoms with Crippen LogP contribution in [0.1, 0.15) is 19.4 Å². The van der Waals surface area contributed by atoms with Crippen LogP contribution in [0.2, 0.25) is 0 Å². The van der Waals surface area contributed by atoms with Gasteiger partial charge in [0.2, 0.25) is 0 Å². The van der Waals surface area contributed by atoms with Crippen molar-refractivity contribution in [2.75, 3.05) is 46.2 Å². The summed E-state index contributed by atoms with van der Waals surface area (Å²) in [6.07, 6.45) is 0.960. The summed E-state index contributed by atoms with van der Waals surface area (Å²) in [5.74, 6) is 0.801. The molecule has 0 aliphatic rings. The van der Waals surface area contributed by atoms with Crippen LogP contribution in [0, 0.1) is 0 Å². The molecule has 124 valence electrons. The molecule has 0 saturated carbocycles. The minimum Gasteiger partial charge on any atom is -0.378 e. The summed E-state index contributed by atoms with van der Waals surface area (Å²) in [7, 11) is 7.59. The second kappa shape index (κ2) is 8.63. The highest BCUT2D eigenvalue weighted by Gasteiger charge is 2.16. The number of ether oxygens (including phenoxy) is 1. The van der Waals surface area contributed by atoms with Gasteiger partial charge in [-0.3, -0.25) is 4.99 Å². The highest BCUT2D eigenvalue weighted by Crippen LogP contribution is 2.12. The molecule has 0 aliphatic heterocycles. The number of benzene rings is 1. The maximum absolute atomic E-state index is 5.39. The lowest BCUT2D eigenvalue weighted by atomic mass is 10.1. The topological polar surface area (TPSA) is 48.9 Å². The first-order valence-electron chi connectivity index (χ1n) is 7.64. The third-order valence-corrected chi connectivity index (χ3v) is 3.62. The maximum atomic E-state index is 5.39. The molecule has 5 heteroatoms. The number of nitrogens with zero attached hydrogens (tertiary/aromatic N) is 2. The first kappa shape index (κ1) is 18.3. The van der Waals surface area contributed by atoms with E-state index in [4.69, 9.17) is 4.74 Å². The quantitative estimate of drug-likeness (QED) is 0.596. The molecular formula is C17H30N4O. The Morgan fingerprint density at radius 1 is 1.18 bits per heavy atom. The van der Waals surface area contributed by atoms with E-state index in [1.54, 1.807) is 14.2 Å². The van der Waals surface area contributed by atoms with Crippen molar-refractivity contribution in [3.8, 4) is 0 Å². The Morgan fingerprint density at radius 2 is 1.82 bits per heavy atom. The minimum atomic E-state index is -0.209. The van der Waals surface area contributed by atoms with Crippen molar-refractivity contribution in [2.45, 2.75) is 25.9 Å². The van der Waals surface area contributed by atoms with Gasteiger partial charge in [-0.2, -0.15) is 0 Å². The van der Waals surface area contributed by atoms with E-state index in [9.17, 15) is 0 Å². The van der Waals surface area contributed by atoms with E-state index in [0.717, 1.165) is 18.9 Å². The number of nitrogens with one attached hydrogen (secondary N) is 2. The SMILES string of the molecule is CN=C(NCCc1ccc(N(C)C)cc1)NCC(C)(C)OC. The first-order chi connectivity index (χ1) is 10.4. The van der Waals surface area contributed by atoms with Gasteiger partial charge in [-0.25, -0.2) is 0 Å². The molecule has 5 nitrogen and oxygen atoms in total. The predicted molar refractivity (Wildman–Crippen MR) is 94.9 cm³/mol. The van der Waals surface area contributed by atoms with Gasteiger partial charge >= 0.3 is 0 Å². The lowest BCUT2D eigenvalue weighted by Crippen LogP contribution is -2.45. The second-order valence-corrected chi connectivity index (χ2v) is 6.13. The van der Waals surface area contributed by atoms with Crippen LogP contribution in [-0.4, -0.2) is 52.9 Å². The van der Waals surface area contributed by atoms with Crippen molar-refractivity contribution in [3.05, 3.63) is 29.8 Å². The molecule has 0 fully saturated rings. The second-order valence-electron chi connectivity index (χ2n) is 6.13. The fraction of sp³-hybridized carbons (Fsp3) is 0.588. The van der Waals surface area contributed by atoms with Crippen molar-refractivity contribution < 1.29 is 4.74 Å². The molecule has 1 rings (SSSR count). The molecule has 0 heterocycles. The molecular weight excluding hydrogens is 276 g/mol. The van der Waals surface area contributed by atoms with Gasteiger partial charge in [0.25, 0.3) is 0 Å². The number of hydrogen-bond donors (Lipinski definition) is 2. The van der Waals surface area contributed by atoms with Gasteiger partial charge in [0, 0.05) is 47.0 Å². The zero-order chi connectivity index (χ0) is 16.6. The number of anilines is 1. The smallest absolute Gasteiger partial charge is 0.191 e. The van der Waals surface area contributed by atoms with E-state index in [-0.39, 0.29) is 5.60 Å². The monoisotopic (exact) mass is 306 g/mol. The lowest BCUT2D eigenvalue weighted by molar-refractivity contribution is 0.0268. The Morgan fingerprint density at radius 3 is 2.32 bits per heavy atom. The van der Waals surface area contributed by atoms with Crippen LogP contribution in [0.5, 0.6) is 0 Å². The average molecular weight is 306 g/mol. The number of aliphatic imine (C=N–C) groups is 1. The maximum Gasteiger partial charge on any atom is 0.191 e. The fourth-order valence-corrected chi connectivity index (χ4v) is 1.88. The predicted octanol–water partition coefficient (Wildman–Crippen LogP) is 1.89. The molecule has 0 radical (unpaired) electrons. The number of methoxy groups -OCH3 is 1. The normalized spacial score (nSPS) is 12.2. The Bertz CT molecular complexity index is 466. The van der Waals surface area contributed by atoms with Crippen molar-refractivity contribution >= 4 is 11.6 Å².